The standard InChI is InChI=1S/C17H18F3NO3S2/c1-21(11-12-8-9-15(25-3)14(10-12)24-2)26(22,23)16-7-5-4-6-13(16)17(18,19)20/h4-10H,11H2,1-3H3. The number of nitrogens with zero attached hydrogens (tertiary/aromatic N) is 1. The van der Waals surface area contributed by atoms with Crippen molar-refractivity contribution < 1.29 is 26.3 Å². The van der Waals surface area contributed by atoms with Gasteiger partial charge in [-0.15, -0.1) is 11.8 Å². The maximum absolute atomic E-state index is 13.1. The summed E-state index contributed by atoms with van der Waals surface area (Å²) in [5, 5.41) is 0. The number of sulfonamides is 1. The third kappa shape index (κ3) is 4.33. The van der Waals surface area contributed by atoms with Crippen LogP contribution in [0, 0.1) is 0 Å². The minimum absolute atomic E-state index is 0.0838. The van der Waals surface area contributed by atoms with Crippen LogP contribution in [0.5, 0.6) is 5.75 Å². The number of halogens is 3. The van der Waals surface area contributed by atoms with E-state index in [1.54, 1.807) is 18.2 Å². The summed E-state index contributed by atoms with van der Waals surface area (Å²) in [5.74, 6) is 0.580. The predicted octanol–water partition coefficient (Wildman–Crippen LogP) is 4.26. The fraction of sp³-hybridized carbons (Fsp3) is 0.294. The molecule has 2 rings (SSSR count). The van der Waals surface area contributed by atoms with Gasteiger partial charge in [0.05, 0.1) is 17.6 Å². The second kappa shape index (κ2) is 7.89. The van der Waals surface area contributed by atoms with Crippen molar-refractivity contribution in [2.24, 2.45) is 0 Å². The summed E-state index contributed by atoms with van der Waals surface area (Å²) in [4.78, 5) is 0.117. The lowest BCUT2D eigenvalue weighted by Gasteiger charge is -2.20. The molecule has 142 valence electrons. The predicted molar refractivity (Wildman–Crippen MR) is 94.9 cm³/mol. The molecule has 26 heavy (non-hydrogen) atoms. The van der Waals surface area contributed by atoms with E-state index in [1.807, 2.05) is 6.26 Å². The van der Waals surface area contributed by atoms with Crippen molar-refractivity contribution >= 4 is 21.8 Å². The molecule has 0 aromatic heterocycles. The molecular weight excluding hydrogens is 387 g/mol. The maximum atomic E-state index is 13.1. The minimum Gasteiger partial charge on any atom is -0.496 e. The fourth-order valence-electron chi connectivity index (χ4n) is 2.41. The molecule has 0 saturated carbocycles. The van der Waals surface area contributed by atoms with Gasteiger partial charge < -0.3 is 4.74 Å². The average Bonchev–Trinajstić information content (AvgIpc) is 2.60. The summed E-state index contributed by atoms with van der Waals surface area (Å²) in [6.45, 7) is -0.0838. The second-order valence-electron chi connectivity index (χ2n) is 5.44. The van der Waals surface area contributed by atoms with Gasteiger partial charge in [0.15, 0.2) is 0 Å². The molecule has 0 heterocycles. The van der Waals surface area contributed by atoms with Crippen molar-refractivity contribution in [3.05, 3.63) is 53.6 Å². The van der Waals surface area contributed by atoms with Gasteiger partial charge in [-0.25, -0.2) is 8.42 Å². The van der Waals surface area contributed by atoms with Gasteiger partial charge in [-0.2, -0.15) is 17.5 Å². The Morgan fingerprint density at radius 2 is 1.81 bits per heavy atom. The van der Waals surface area contributed by atoms with E-state index in [-0.39, 0.29) is 6.54 Å². The molecule has 9 heteroatoms. The van der Waals surface area contributed by atoms with Crippen LogP contribution in [0.4, 0.5) is 13.2 Å². The van der Waals surface area contributed by atoms with E-state index >= 15 is 0 Å². The van der Waals surface area contributed by atoms with E-state index in [1.165, 1.54) is 32.0 Å². The van der Waals surface area contributed by atoms with Crippen LogP contribution in [0.25, 0.3) is 0 Å². The van der Waals surface area contributed by atoms with Crippen LogP contribution in [-0.4, -0.2) is 33.1 Å². The highest BCUT2D eigenvalue weighted by atomic mass is 32.2. The first-order chi connectivity index (χ1) is 12.1. The summed E-state index contributed by atoms with van der Waals surface area (Å²) in [5.41, 5.74) is -0.572. The summed E-state index contributed by atoms with van der Waals surface area (Å²) in [6, 6.07) is 9.33. The Bertz CT molecular complexity index is 883. The Hall–Kier alpha value is -1.71. The number of rotatable bonds is 6. The largest absolute Gasteiger partial charge is 0.496 e. The Balaban J connectivity index is 2.37. The molecule has 2 aromatic carbocycles. The molecule has 0 aliphatic carbocycles. The first kappa shape index (κ1) is 20.6. The van der Waals surface area contributed by atoms with Gasteiger partial charge in [-0.1, -0.05) is 18.2 Å². The van der Waals surface area contributed by atoms with E-state index in [0.717, 1.165) is 27.4 Å². The quantitative estimate of drug-likeness (QED) is 0.674. The summed E-state index contributed by atoms with van der Waals surface area (Å²) in [7, 11) is -1.57. The third-order valence-electron chi connectivity index (χ3n) is 3.73. The summed E-state index contributed by atoms with van der Waals surface area (Å²) in [6.07, 6.45) is -2.88. The molecule has 2 aromatic rings. The summed E-state index contributed by atoms with van der Waals surface area (Å²) < 4.78 is 70.9. The highest BCUT2D eigenvalue weighted by molar-refractivity contribution is 7.98. The van der Waals surface area contributed by atoms with Crippen LogP contribution in [0.15, 0.2) is 52.3 Å². The molecule has 0 amide bonds. The van der Waals surface area contributed by atoms with Crippen LogP contribution in [0.1, 0.15) is 11.1 Å². The SMILES string of the molecule is COc1cc(CN(C)S(=O)(=O)c2ccccc2C(F)(F)F)ccc1SC. The first-order valence-corrected chi connectivity index (χ1v) is 10.1. The summed E-state index contributed by atoms with van der Waals surface area (Å²) >= 11 is 1.47. The average molecular weight is 405 g/mol. The van der Waals surface area contributed by atoms with Gasteiger partial charge in [-0.3, -0.25) is 0 Å². The molecular formula is C17H18F3NO3S2. The Labute approximate surface area is 155 Å². The number of benzene rings is 2. The number of methoxy groups -OCH3 is 1. The van der Waals surface area contributed by atoms with E-state index in [4.69, 9.17) is 4.74 Å². The lowest BCUT2D eigenvalue weighted by Crippen LogP contribution is -2.28. The van der Waals surface area contributed by atoms with Crippen LogP contribution < -0.4 is 4.74 Å². The van der Waals surface area contributed by atoms with Gasteiger partial charge in [0.25, 0.3) is 0 Å². The van der Waals surface area contributed by atoms with Crippen LogP contribution in [0.3, 0.4) is 0 Å². The number of alkyl halides is 3. The molecule has 0 unspecified atom stereocenters. The highest BCUT2D eigenvalue weighted by Gasteiger charge is 2.38. The zero-order valence-electron chi connectivity index (χ0n) is 14.4. The van der Waals surface area contributed by atoms with Gasteiger partial charge in [0.1, 0.15) is 5.75 Å². The van der Waals surface area contributed by atoms with E-state index in [0.29, 0.717) is 11.3 Å². The maximum Gasteiger partial charge on any atom is 0.417 e. The molecule has 0 atom stereocenters. The van der Waals surface area contributed by atoms with Crippen LogP contribution in [0.2, 0.25) is 0 Å². The highest BCUT2D eigenvalue weighted by Crippen LogP contribution is 2.35. The van der Waals surface area contributed by atoms with Crippen LogP contribution in [-0.2, 0) is 22.7 Å². The van der Waals surface area contributed by atoms with Crippen molar-refractivity contribution in [3.8, 4) is 5.75 Å². The van der Waals surface area contributed by atoms with Gasteiger partial charge in [0.2, 0.25) is 10.0 Å². The number of ether oxygens (including phenoxy) is 1. The van der Waals surface area contributed by atoms with Crippen LogP contribution >= 0.6 is 11.8 Å². The zero-order valence-corrected chi connectivity index (χ0v) is 16.0. The molecule has 0 saturated heterocycles. The molecule has 0 radical (unpaired) electrons. The molecule has 0 N–H and O–H groups in total. The van der Waals surface area contributed by atoms with Gasteiger partial charge >= 0.3 is 6.18 Å². The second-order valence-corrected chi connectivity index (χ2v) is 8.31. The number of hydrogen-bond donors (Lipinski definition) is 0. The minimum atomic E-state index is -4.76. The lowest BCUT2D eigenvalue weighted by molar-refractivity contribution is -0.139. The Morgan fingerprint density at radius 1 is 1.15 bits per heavy atom. The van der Waals surface area contributed by atoms with E-state index in [9.17, 15) is 21.6 Å². The first-order valence-electron chi connectivity index (χ1n) is 7.44. The monoisotopic (exact) mass is 405 g/mol. The smallest absolute Gasteiger partial charge is 0.417 e. The van der Waals surface area contributed by atoms with Crippen molar-refractivity contribution in [1.82, 2.24) is 4.31 Å². The van der Waals surface area contributed by atoms with Crippen molar-refractivity contribution in [3.63, 3.8) is 0 Å². The van der Waals surface area contributed by atoms with Crippen molar-refractivity contribution in [2.75, 3.05) is 20.4 Å². The lowest BCUT2D eigenvalue weighted by atomic mass is 10.2. The molecule has 0 spiro atoms. The number of hydrogen-bond acceptors (Lipinski definition) is 4. The molecule has 0 fully saturated rings. The van der Waals surface area contributed by atoms with E-state index in [2.05, 4.69) is 0 Å². The van der Waals surface area contributed by atoms with Crippen molar-refractivity contribution in [1.29, 1.82) is 0 Å². The molecule has 0 bridgehead atoms. The Morgan fingerprint density at radius 3 is 2.38 bits per heavy atom. The molecule has 0 aliphatic heterocycles. The fourth-order valence-corrected chi connectivity index (χ4v) is 4.33. The normalized spacial score (nSPS) is 12.4. The zero-order chi connectivity index (χ0) is 19.5. The molecule has 4 nitrogen and oxygen atoms in total. The molecule has 0 aliphatic rings. The topological polar surface area (TPSA) is 46.6 Å². The van der Waals surface area contributed by atoms with E-state index < -0.39 is 26.7 Å². The Kier molecular flexibility index (Phi) is 6.25. The third-order valence-corrected chi connectivity index (χ3v) is 6.37. The van der Waals surface area contributed by atoms with Gasteiger partial charge in [0, 0.05) is 18.5 Å². The van der Waals surface area contributed by atoms with Crippen molar-refractivity contribution in [2.45, 2.75) is 22.5 Å². The van der Waals surface area contributed by atoms with Gasteiger partial charge in [-0.05, 0) is 36.1 Å². The number of thioether (sulfide) groups is 1.